The number of ether oxygens (including phenoxy) is 1. The average molecular weight is 262 g/mol. The minimum absolute atomic E-state index is 0.503. The van der Waals surface area contributed by atoms with E-state index in [1.165, 1.54) is 25.7 Å². The lowest BCUT2D eigenvalue weighted by molar-refractivity contribution is 0.317. The molecule has 3 N–H and O–H groups in total. The fourth-order valence-corrected chi connectivity index (χ4v) is 2.85. The molecule has 0 saturated heterocycles. The molecule has 106 valence electrons. The van der Waals surface area contributed by atoms with Crippen LogP contribution in [0.1, 0.15) is 46.0 Å². The van der Waals surface area contributed by atoms with Gasteiger partial charge in [0, 0.05) is 29.5 Å². The van der Waals surface area contributed by atoms with Crippen molar-refractivity contribution in [2.45, 2.75) is 52.0 Å². The molecule has 3 heteroatoms. The second-order valence-electron chi connectivity index (χ2n) is 5.62. The molecule has 0 bridgehead atoms. The highest BCUT2D eigenvalue weighted by atomic mass is 16.5. The van der Waals surface area contributed by atoms with Crippen LogP contribution in [0.25, 0.3) is 0 Å². The Morgan fingerprint density at radius 1 is 1.32 bits per heavy atom. The zero-order valence-corrected chi connectivity index (χ0v) is 12.1. The standard InChI is InChI=1S/C16H26N2O/c1-3-8-19-16-10-14(17)9-15(11-16)18-12(2)13-6-4-5-7-13/h9-13,18H,3-8,17H2,1-2H3. The summed E-state index contributed by atoms with van der Waals surface area (Å²) in [6.07, 6.45) is 6.44. The van der Waals surface area contributed by atoms with E-state index in [4.69, 9.17) is 10.5 Å². The number of hydrogen-bond donors (Lipinski definition) is 2. The SMILES string of the molecule is CCCOc1cc(N)cc(NC(C)C2CCCC2)c1. The van der Waals surface area contributed by atoms with Crippen LogP contribution in [0.2, 0.25) is 0 Å². The molecule has 1 saturated carbocycles. The number of rotatable bonds is 6. The van der Waals surface area contributed by atoms with E-state index >= 15 is 0 Å². The molecule has 19 heavy (non-hydrogen) atoms. The van der Waals surface area contributed by atoms with Crippen LogP contribution in [0.4, 0.5) is 11.4 Å². The molecule has 0 aliphatic heterocycles. The zero-order valence-electron chi connectivity index (χ0n) is 12.1. The molecular formula is C16H26N2O. The lowest BCUT2D eigenvalue weighted by Gasteiger charge is -2.22. The van der Waals surface area contributed by atoms with E-state index in [9.17, 15) is 0 Å². The zero-order chi connectivity index (χ0) is 13.7. The molecule has 1 fully saturated rings. The lowest BCUT2D eigenvalue weighted by Crippen LogP contribution is -2.23. The van der Waals surface area contributed by atoms with Crippen molar-refractivity contribution in [3.05, 3.63) is 18.2 Å². The summed E-state index contributed by atoms with van der Waals surface area (Å²) in [6.45, 7) is 5.11. The Hall–Kier alpha value is -1.38. The van der Waals surface area contributed by atoms with Crippen molar-refractivity contribution in [3.63, 3.8) is 0 Å². The largest absolute Gasteiger partial charge is 0.493 e. The Kier molecular flexibility index (Phi) is 4.94. The van der Waals surface area contributed by atoms with Crippen molar-refractivity contribution in [2.75, 3.05) is 17.7 Å². The van der Waals surface area contributed by atoms with Gasteiger partial charge < -0.3 is 15.8 Å². The second kappa shape index (κ2) is 6.69. The van der Waals surface area contributed by atoms with Crippen LogP contribution in [-0.4, -0.2) is 12.6 Å². The Morgan fingerprint density at radius 2 is 2.05 bits per heavy atom. The van der Waals surface area contributed by atoms with Crippen molar-refractivity contribution in [1.29, 1.82) is 0 Å². The van der Waals surface area contributed by atoms with Crippen LogP contribution >= 0.6 is 0 Å². The van der Waals surface area contributed by atoms with Crippen LogP contribution < -0.4 is 15.8 Å². The Labute approximate surface area is 116 Å². The van der Waals surface area contributed by atoms with Crippen LogP contribution in [0.3, 0.4) is 0 Å². The second-order valence-corrected chi connectivity index (χ2v) is 5.62. The number of nitrogen functional groups attached to an aromatic ring is 1. The van der Waals surface area contributed by atoms with Crippen molar-refractivity contribution in [1.82, 2.24) is 0 Å². The van der Waals surface area contributed by atoms with Crippen molar-refractivity contribution >= 4 is 11.4 Å². The Balaban J connectivity index is 2.00. The number of anilines is 2. The van der Waals surface area contributed by atoms with Gasteiger partial charge in [0.05, 0.1) is 6.61 Å². The van der Waals surface area contributed by atoms with Crippen molar-refractivity contribution in [2.24, 2.45) is 5.92 Å². The summed E-state index contributed by atoms with van der Waals surface area (Å²) in [5.41, 5.74) is 7.77. The molecule has 1 aromatic rings. The van der Waals surface area contributed by atoms with E-state index < -0.39 is 0 Å². The van der Waals surface area contributed by atoms with E-state index in [-0.39, 0.29) is 0 Å². The van der Waals surface area contributed by atoms with E-state index in [0.717, 1.165) is 36.1 Å². The van der Waals surface area contributed by atoms with E-state index in [1.54, 1.807) is 0 Å². The maximum atomic E-state index is 5.94. The van der Waals surface area contributed by atoms with Crippen LogP contribution in [-0.2, 0) is 0 Å². The molecule has 1 aromatic carbocycles. The smallest absolute Gasteiger partial charge is 0.123 e. The minimum atomic E-state index is 0.503. The first-order chi connectivity index (χ1) is 9.19. The predicted octanol–water partition coefficient (Wildman–Crippen LogP) is 4.05. The van der Waals surface area contributed by atoms with Crippen LogP contribution in [0.15, 0.2) is 18.2 Å². The van der Waals surface area contributed by atoms with Gasteiger partial charge in [-0.15, -0.1) is 0 Å². The minimum Gasteiger partial charge on any atom is -0.493 e. The molecule has 0 heterocycles. The number of hydrogen-bond acceptors (Lipinski definition) is 3. The van der Waals surface area contributed by atoms with Gasteiger partial charge in [-0.05, 0) is 38.2 Å². The fraction of sp³-hybridized carbons (Fsp3) is 0.625. The third-order valence-corrected chi connectivity index (χ3v) is 3.90. The van der Waals surface area contributed by atoms with Crippen molar-refractivity contribution < 1.29 is 4.74 Å². The summed E-state index contributed by atoms with van der Waals surface area (Å²) in [5, 5.41) is 3.58. The highest BCUT2D eigenvalue weighted by Gasteiger charge is 2.21. The molecule has 2 rings (SSSR count). The quantitative estimate of drug-likeness (QED) is 0.760. The highest BCUT2D eigenvalue weighted by Crippen LogP contribution is 2.30. The summed E-state index contributed by atoms with van der Waals surface area (Å²) in [7, 11) is 0. The first kappa shape index (κ1) is 14.0. The van der Waals surface area contributed by atoms with Crippen molar-refractivity contribution in [3.8, 4) is 5.75 Å². The molecule has 0 aromatic heterocycles. The summed E-state index contributed by atoms with van der Waals surface area (Å²) in [5.74, 6) is 1.66. The van der Waals surface area contributed by atoms with Gasteiger partial charge in [0.15, 0.2) is 0 Å². The molecule has 3 nitrogen and oxygen atoms in total. The maximum absolute atomic E-state index is 5.94. The van der Waals surface area contributed by atoms with Gasteiger partial charge in [0.25, 0.3) is 0 Å². The van der Waals surface area contributed by atoms with Gasteiger partial charge >= 0.3 is 0 Å². The predicted molar refractivity (Wildman–Crippen MR) is 81.7 cm³/mol. The lowest BCUT2D eigenvalue weighted by atomic mass is 9.99. The van der Waals surface area contributed by atoms with Gasteiger partial charge in [-0.1, -0.05) is 19.8 Å². The van der Waals surface area contributed by atoms with Gasteiger partial charge in [0.2, 0.25) is 0 Å². The average Bonchev–Trinajstić information content (AvgIpc) is 2.89. The van der Waals surface area contributed by atoms with E-state index in [0.29, 0.717) is 6.04 Å². The van der Waals surface area contributed by atoms with Gasteiger partial charge in [0.1, 0.15) is 5.75 Å². The monoisotopic (exact) mass is 262 g/mol. The highest BCUT2D eigenvalue weighted by molar-refractivity contribution is 5.59. The third-order valence-electron chi connectivity index (χ3n) is 3.90. The van der Waals surface area contributed by atoms with Crippen LogP contribution in [0, 0.1) is 5.92 Å². The molecular weight excluding hydrogens is 236 g/mol. The van der Waals surface area contributed by atoms with Gasteiger partial charge in [-0.2, -0.15) is 0 Å². The Bertz CT molecular complexity index is 400. The summed E-state index contributed by atoms with van der Waals surface area (Å²) in [4.78, 5) is 0. The summed E-state index contributed by atoms with van der Waals surface area (Å²) < 4.78 is 5.66. The molecule has 1 aliphatic rings. The number of nitrogens with two attached hydrogens (primary N) is 1. The molecule has 1 atom stereocenters. The number of nitrogens with one attached hydrogen (secondary N) is 1. The summed E-state index contributed by atoms with van der Waals surface area (Å²) >= 11 is 0. The normalized spacial score (nSPS) is 17.4. The number of benzene rings is 1. The fourth-order valence-electron chi connectivity index (χ4n) is 2.85. The first-order valence-electron chi connectivity index (χ1n) is 7.49. The molecule has 1 unspecified atom stereocenters. The summed E-state index contributed by atoms with van der Waals surface area (Å²) in [6, 6.07) is 6.44. The Morgan fingerprint density at radius 3 is 2.74 bits per heavy atom. The van der Waals surface area contributed by atoms with E-state index in [1.807, 2.05) is 12.1 Å². The first-order valence-corrected chi connectivity index (χ1v) is 7.49. The van der Waals surface area contributed by atoms with Gasteiger partial charge in [-0.3, -0.25) is 0 Å². The molecule has 0 amide bonds. The maximum Gasteiger partial charge on any atom is 0.123 e. The van der Waals surface area contributed by atoms with Gasteiger partial charge in [-0.25, -0.2) is 0 Å². The molecule has 1 aliphatic carbocycles. The van der Waals surface area contributed by atoms with E-state index in [2.05, 4.69) is 25.2 Å². The topological polar surface area (TPSA) is 47.3 Å². The van der Waals surface area contributed by atoms with Crippen LogP contribution in [0.5, 0.6) is 5.75 Å². The third kappa shape index (κ3) is 4.05. The molecule has 0 spiro atoms. The molecule has 0 radical (unpaired) electrons.